The first-order valence-electron chi connectivity index (χ1n) is 22.5. The van der Waals surface area contributed by atoms with Gasteiger partial charge < -0.3 is 13.9 Å². The molecular formula is C63H44N2O. The van der Waals surface area contributed by atoms with E-state index >= 15 is 0 Å². The molecule has 66 heavy (non-hydrogen) atoms. The fourth-order valence-corrected chi connectivity index (χ4v) is 10.2. The molecule has 0 aliphatic rings. The lowest BCUT2D eigenvalue weighted by molar-refractivity contribution is 0.670. The number of anilines is 3. The zero-order valence-electron chi connectivity index (χ0n) is 36.5. The highest BCUT2D eigenvalue weighted by Gasteiger charge is 2.24. The predicted molar refractivity (Wildman–Crippen MR) is 281 cm³/mol. The molecule has 2 aromatic heterocycles. The van der Waals surface area contributed by atoms with Gasteiger partial charge in [0.15, 0.2) is 0 Å². The monoisotopic (exact) mass is 844 g/mol. The summed E-state index contributed by atoms with van der Waals surface area (Å²) >= 11 is 0. The van der Waals surface area contributed by atoms with Crippen LogP contribution in [0, 0.1) is 6.92 Å². The van der Waals surface area contributed by atoms with Gasteiger partial charge in [0, 0.05) is 49.6 Å². The van der Waals surface area contributed by atoms with Crippen LogP contribution in [0.15, 0.2) is 242 Å². The van der Waals surface area contributed by atoms with Gasteiger partial charge in [0.1, 0.15) is 11.2 Å². The van der Waals surface area contributed by atoms with Gasteiger partial charge in [0.05, 0.1) is 22.6 Å². The first kappa shape index (κ1) is 39.0. The van der Waals surface area contributed by atoms with Crippen molar-refractivity contribution in [3.05, 3.63) is 248 Å². The Bertz CT molecular complexity index is 3860. The fraction of sp³-hybridized carbons (Fsp3) is 0.0159. The molecule has 0 saturated heterocycles. The highest BCUT2D eigenvalue weighted by molar-refractivity contribution is 6.15. The van der Waals surface area contributed by atoms with Gasteiger partial charge in [-0.25, -0.2) is 0 Å². The number of fused-ring (bicyclic) bond motifs is 7. The SMILES string of the molecule is C=C/C=C\c1c(C)c2ccccc2n1-c1ccccc1-c1ccccc1-c1ccccc1N(c1ccc(-c2cccc3c2oc2ccccc23)cc1)c1cc2ccccc2c2ccccc12. The smallest absolute Gasteiger partial charge is 0.143 e. The summed E-state index contributed by atoms with van der Waals surface area (Å²) in [7, 11) is 0. The Morgan fingerprint density at radius 3 is 1.86 bits per heavy atom. The number of hydrogen-bond acceptors (Lipinski definition) is 2. The summed E-state index contributed by atoms with van der Waals surface area (Å²) in [6, 6.07) is 78.8. The Balaban J connectivity index is 1.08. The molecule has 12 rings (SSSR count). The quantitative estimate of drug-likeness (QED) is 0.107. The van der Waals surface area contributed by atoms with Crippen molar-refractivity contribution in [2.75, 3.05) is 4.90 Å². The third kappa shape index (κ3) is 6.36. The van der Waals surface area contributed by atoms with Crippen LogP contribution in [-0.4, -0.2) is 4.57 Å². The van der Waals surface area contributed by atoms with Crippen molar-refractivity contribution < 1.29 is 4.42 Å². The molecule has 3 nitrogen and oxygen atoms in total. The van der Waals surface area contributed by atoms with Gasteiger partial charge in [0.2, 0.25) is 0 Å². The van der Waals surface area contributed by atoms with Crippen LogP contribution in [0.5, 0.6) is 0 Å². The summed E-state index contributed by atoms with van der Waals surface area (Å²) in [5, 5.41) is 8.29. The zero-order chi connectivity index (χ0) is 44.1. The molecule has 0 radical (unpaired) electrons. The van der Waals surface area contributed by atoms with Crippen LogP contribution in [0.4, 0.5) is 17.1 Å². The highest BCUT2D eigenvalue weighted by atomic mass is 16.3. The number of benzene rings is 10. The minimum atomic E-state index is 0.896. The molecule has 0 atom stereocenters. The minimum absolute atomic E-state index is 0.896. The van der Waals surface area contributed by atoms with E-state index < -0.39 is 0 Å². The molecular weight excluding hydrogens is 801 g/mol. The number of aromatic nitrogens is 1. The molecule has 0 aliphatic heterocycles. The topological polar surface area (TPSA) is 21.3 Å². The Kier molecular flexibility index (Phi) is 9.54. The van der Waals surface area contributed by atoms with Crippen LogP contribution in [-0.2, 0) is 0 Å². The Morgan fingerprint density at radius 2 is 1.06 bits per heavy atom. The summed E-state index contributed by atoms with van der Waals surface area (Å²) < 4.78 is 8.93. The van der Waals surface area contributed by atoms with E-state index in [-0.39, 0.29) is 0 Å². The third-order valence-corrected chi connectivity index (χ3v) is 13.2. The van der Waals surface area contributed by atoms with E-state index in [1.54, 1.807) is 0 Å². The van der Waals surface area contributed by atoms with Gasteiger partial charge in [0.25, 0.3) is 0 Å². The average Bonchev–Trinajstić information content (AvgIpc) is 3.90. The van der Waals surface area contributed by atoms with Crippen molar-refractivity contribution in [1.29, 1.82) is 0 Å². The van der Waals surface area contributed by atoms with Gasteiger partial charge in [-0.1, -0.05) is 195 Å². The van der Waals surface area contributed by atoms with Crippen LogP contribution < -0.4 is 4.90 Å². The number of para-hydroxylation sites is 5. The number of hydrogen-bond donors (Lipinski definition) is 0. The second-order valence-corrected chi connectivity index (χ2v) is 16.9. The molecule has 0 fully saturated rings. The Labute approximate surface area is 384 Å². The van der Waals surface area contributed by atoms with Gasteiger partial charge in [-0.15, -0.1) is 0 Å². The van der Waals surface area contributed by atoms with E-state index in [1.165, 1.54) is 38.0 Å². The van der Waals surface area contributed by atoms with E-state index in [9.17, 15) is 0 Å². The first-order valence-corrected chi connectivity index (χ1v) is 22.5. The molecule has 10 aromatic carbocycles. The summed E-state index contributed by atoms with van der Waals surface area (Å²) in [5.41, 5.74) is 16.4. The number of furan rings is 1. The molecule has 0 N–H and O–H groups in total. The Hall–Kier alpha value is -8.66. The maximum atomic E-state index is 6.52. The van der Waals surface area contributed by atoms with Crippen molar-refractivity contribution in [3.8, 4) is 39.1 Å². The lowest BCUT2D eigenvalue weighted by atomic mass is 9.91. The van der Waals surface area contributed by atoms with Crippen LogP contribution >= 0.6 is 0 Å². The molecule has 0 aliphatic carbocycles. The Morgan fingerprint density at radius 1 is 0.470 bits per heavy atom. The standard InChI is InChI=1S/C63H44N2O/c1-3-4-32-57-42(2)46-21-11-15-33-58(46)65(57)60-35-17-13-27-53(60)51-25-8-7-24-50(51)52-26-12-16-34-59(52)64(61-41-44-20-5-6-22-47(44)49-23-9-10-28-54(49)61)45-39-37-43(38-40-45)48-30-19-31-56-55-29-14-18-36-62(55)66-63(48)56/h3-41H,1H2,2H3/b32-4-. The lowest BCUT2D eigenvalue weighted by Gasteiger charge is -2.30. The van der Waals surface area contributed by atoms with Crippen LogP contribution in [0.1, 0.15) is 11.3 Å². The number of aryl methyl sites for hydroxylation is 1. The van der Waals surface area contributed by atoms with Gasteiger partial charge in [-0.2, -0.15) is 0 Å². The third-order valence-electron chi connectivity index (χ3n) is 13.2. The second kappa shape index (κ2) is 16.2. The summed E-state index contributed by atoms with van der Waals surface area (Å²) in [6.45, 7) is 6.22. The van der Waals surface area contributed by atoms with E-state index in [0.717, 1.165) is 83.8 Å². The second-order valence-electron chi connectivity index (χ2n) is 16.9. The normalized spacial score (nSPS) is 11.7. The van der Waals surface area contributed by atoms with Crippen molar-refractivity contribution >= 4 is 77.5 Å². The molecule has 2 heterocycles. The minimum Gasteiger partial charge on any atom is -0.455 e. The van der Waals surface area contributed by atoms with Crippen molar-refractivity contribution in [1.82, 2.24) is 4.57 Å². The summed E-state index contributed by atoms with van der Waals surface area (Å²) in [5.74, 6) is 0. The lowest BCUT2D eigenvalue weighted by Crippen LogP contribution is -2.12. The van der Waals surface area contributed by atoms with Crippen molar-refractivity contribution in [2.45, 2.75) is 6.92 Å². The molecule has 3 heteroatoms. The predicted octanol–water partition coefficient (Wildman–Crippen LogP) is 17.8. The number of allylic oxidation sites excluding steroid dienone is 2. The number of rotatable bonds is 9. The van der Waals surface area contributed by atoms with Crippen LogP contribution in [0.3, 0.4) is 0 Å². The molecule has 0 saturated carbocycles. The largest absolute Gasteiger partial charge is 0.455 e. The maximum absolute atomic E-state index is 6.52. The summed E-state index contributed by atoms with van der Waals surface area (Å²) in [6.07, 6.45) is 6.05. The molecule has 12 aromatic rings. The van der Waals surface area contributed by atoms with E-state index in [2.05, 4.69) is 235 Å². The first-order chi connectivity index (χ1) is 32.7. The average molecular weight is 845 g/mol. The van der Waals surface area contributed by atoms with Gasteiger partial charge in [-0.05, 0) is 93.9 Å². The van der Waals surface area contributed by atoms with Crippen molar-refractivity contribution in [3.63, 3.8) is 0 Å². The fourth-order valence-electron chi connectivity index (χ4n) is 10.2. The maximum Gasteiger partial charge on any atom is 0.143 e. The van der Waals surface area contributed by atoms with Crippen LogP contribution in [0.2, 0.25) is 0 Å². The zero-order valence-corrected chi connectivity index (χ0v) is 36.5. The molecule has 0 unspecified atom stereocenters. The molecule has 0 bridgehead atoms. The van der Waals surface area contributed by atoms with Gasteiger partial charge in [-0.3, -0.25) is 0 Å². The molecule has 0 spiro atoms. The van der Waals surface area contributed by atoms with Crippen molar-refractivity contribution in [2.24, 2.45) is 0 Å². The van der Waals surface area contributed by atoms with Gasteiger partial charge >= 0.3 is 0 Å². The van der Waals surface area contributed by atoms with E-state index in [4.69, 9.17) is 4.42 Å². The number of nitrogens with zero attached hydrogens (tertiary/aromatic N) is 2. The van der Waals surface area contributed by atoms with E-state index in [1.807, 2.05) is 24.3 Å². The highest BCUT2D eigenvalue weighted by Crippen LogP contribution is 2.48. The van der Waals surface area contributed by atoms with E-state index in [0.29, 0.717) is 0 Å². The molecule has 312 valence electrons. The summed E-state index contributed by atoms with van der Waals surface area (Å²) in [4.78, 5) is 2.46. The molecule has 0 amide bonds. The van der Waals surface area contributed by atoms with Crippen LogP contribution in [0.25, 0.3) is 99.5 Å².